The van der Waals surface area contributed by atoms with E-state index in [1.807, 2.05) is 0 Å². The maximum absolute atomic E-state index is 6.16. The van der Waals surface area contributed by atoms with Crippen molar-refractivity contribution < 1.29 is 4.74 Å². The summed E-state index contributed by atoms with van der Waals surface area (Å²) >= 11 is 0. The van der Waals surface area contributed by atoms with Crippen LogP contribution in [0.2, 0.25) is 0 Å². The molecule has 1 fully saturated rings. The normalized spacial score (nSPS) is 36.9. The van der Waals surface area contributed by atoms with Crippen molar-refractivity contribution in [3.63, 3.8) is 0 Å². The predicted octanol–water partition coefficient (Wildman–Crippen LogP) is 3.69. The average Bonchev–Trinajstić information content (AvgIpc) is 2.10. The maximum atomic E-state index is 6.16. The van der Waals surface area contributed by atoms with E-state index in [0.717, 1.165) is 5.92 Å². The van der Waals surface area contributed by atoms with Gasteiger partial charge in [0.05, 0.1) is 11.7 Å². The van der Waals surface area contributed by atoms with Crippen LogP contribution in [0.3, 0.4) is 0 Å². The van der Waals surface area contributed by atoms with Gasteiger partial charge in [-0.1, -0.05) is 11.1 Å². The van der Waals surface area contributed by atoms with Crippen LogP contribution < -0.4 is 0 Å². The largest absolute Gasteiger partial charge is 0.372 e. The first-order valence-corrected chi connectivity index (χ1v) is 5.84. The lowest BCUT2D eigenvalue weighted by Gasteiger charge is -2.44. The predicted molar refractivity (Wildman–Crippen MR) is 59.3 cm³/mol. The molecule has 80 valence electrons. The van der Waals surface area contributed by atoms with Crippen molar-refractivity contribution in [2.24, 2.45) is 5.92 Å². The van der Waals surface area contributed by atoms with Crippen molar-refractivity contribution in [3.05, 3.63) is 11.1 Å². The van der Waals surface area contributed by atoms with Gasteiger partial charge in [0.2, 0.25) is 0 Å². The molecule has 1 saturated heterocycles. The zero-order chi connectivity index (χ0) is 10.3. The summed E-state index contributed by atoms with van der Waals surface area (Å²) in [6.07, 6.45) is 5.50. The van der Waals surface area contributed by atoms with Gasteiger partial charge < -0.3 is 4.74 Å². The Hall–Kier alpha value is -0.300. The molecule has 2 rings (SSSR count). The summed E-state index contributed by atoms with van der Waals surface area (Å²) < 4.78 is 6.16. The molecule has 2 unspecified atom stereocenters. The molecular formula is C13H22O. The van der Waals surface area contributed by atoms with Gasteiger partial charge in [0.1, 0.15) is 0 Å². The van der Waals surface area contributed by atoms with E-state index in [1.54, 1.807) is 11.1 Å². The molecule has 0 aromatic heterocycles. The minimum atomic E-state index is 0.118. The van der Waals surface area contributed by atoms with Gasteiger partial charge in [-0.15, -0.1) is 0 Å². The SMILES string of the molecule is CC1=C(C)C2CCC(C)(C)OC2CC1. The maximum Gasteiger partial charge on any atom is 0.0650 e. The van der Waals surface area contributed by atoms with E-state index in [0.29, 0.717) is 6.10 Å². The minimum absolute atomic E-state index is 0.118. The van der Waals surface area contributed by atoms with E-state index >= 15 is 0 Å². The van der Waals surface area contributed by atoms with Crippen LogP contribution in [0.5, 0.6) is 0 Å². The number of fused-ring (bicyclic) bond motifs is 1. The first kappa shape index (κ1) is 10.2. The van der Waals surface area contributed by atoms with Crippen LogP contribution in [0.15, 0.2) is 11.1 Å². The molecule has 1 aliphatic carbocycles. The second-order valence-corrected chi connectivity index (χ2v) is 5.56. The molecule has 0 aromatic carbocycles. The van der Waals surface area contributed by atoms with Crippen LogP contribution in [-0.2, 0) is 4.74 Å². The molecule has 0 aromatic rings. The first-order chi connectivity index (χ1) is 6.49. The van der Waals surface area contributed by atoms with Gasteiger partial charge in [-0.2, -0.15) is 0 Å². The summed E-state index contributed by atoms with van der Waals surface area (Å²) in [4.78, 5) is 0. The highest BCUT2D eigenvalue weighted by molar-refractivity contribution is 5.19. The van der Waals surface area contributed by atoms with Crippen LogP contribution in [0.4, 0.5) is 0 Å². The van der Waals surface area contributed by atoms with Crippen molar-refractivity contribution in [1.82, 2.24) is 0 Å². The molecule has 14 heavy (non-hydrogen) atoms. The lowest BCUT2D eigenvalue weighted by atomic mass is 9.75. The molecule has 1 aliphatic heterocycles. The molecule has 2 atom stereocenters. The smallest absolute Gasteiger partial charge is 0.0650 e. The van der Waals surface area contributed by atoms with Crippen LogP contribution in [0.1, 0.15) is 53.4 Å². The lowest BCUT2D eigenvalue weighted by molar-refractivity contribution is -0.131. The Kier molecular flexibility index (Phi) is 2.46. The fourth-order valence-electron chi connectivity index (χ4n) is 2.87. The van der Waals surface area contributed by atoms with Gasteiger partial charge in [-0.3, -0.25) is 0 Å². The number of ether oxygens (including phenoxy) is 1. The zero-order valence-corrected chi connectivity index (χ0v) is 9.89. The molecule has 0 amide bonds. The van der Waals surface area contributed by atoms with E-state index in [9.17, 15) is 0 Å². The number of hydrogen-bond acceptors (Lipinski definition) is 1. The van der Waals surface area contributed by atoms with Crippen molar-refractivity contribution in [3.8, 4) is 0 Å². The fourth-order valence-corrected chi connectivity index (χ4v) is 2.87. The van der Waals surface area contributed by atoms with Crippen LogP contribution in [-0.4, -0.2) is 11.7 Å². The van der Waals surface area contributed by atoms with Crippen LogP contribution >= 0.6 is 0 Å². The zero-order valence-electron chi connectivity index (χ0n) is 9.89. The van der Waals surface area contributed by atoms with Gasteiger partial charge in [-0.05, 0) is 53.4 Å². The number of rotatable bonds is 0. The molecular weight excluding hydrogens is 172 g/mol. The van der Waals surface area contributed by atoms with Gasteiger partial charge in [-0.25, -0.2) is 0 Å². The third-order valence-electron chi connectivity index (χ3n) is 4.01. The topological polar surface area (TPSA) is 9.23 Å². The molecule has 1 nitrogen and oxygen atoms in total. The molecule has 1 heteroatoms. The third-order valence-corrected chi connectivity index (χ3v) is 4.01. The monoisotopic (exact) mass is 194 g/mol. The summed E-state index contributed by atoms with van der Waals surface area (Å²) in [5.74, 6) is 0.719. The van der Waals surface area contributed by atoms with E-state index in [1.165, 1.54) is 25.7 Å². The quantitative estimate of drug-likeness (QED) is 0.534. The summed E-state index contributed by atoms with van der Waals surface area (Å²) in [5, 5.41) is 0. The van der Waals surface area contributed by atoms with E-state index < -0.39 is 0 Å². The fraction of sp³-hybridized carbons (Fsp3) is 0.846. The third kappa shape index (κ3) is 1.75. The van der Waals surface area contributed by atoms with Gasteiger partial charge in [0.25, 0.3) is 0 Å². The van der Waals surface area contributed by atoms with Crippen molar-refractivity contribution in [2.45, 2.75) is 65.1 Å². The van der Waals surface area contributed by atoms with E-state index in [4.69, 9.17) is 4.74 Å². The molecule has 1 heterocycles. The number of hydrogen-bond donors (Lipinski definition) is 0. The highest BCUT2D eigenvalue weighted by Crippen LogP contribution is 2.42. The van der Waals surface area contributed by atoms with Crippen molar-refractivity contribution >= 4 is 0 Å². The average molecular weight is 194 g/mol. The Balaban J connectivity index is 2.16. The Morgan fingerprint density at radius 3 is 2.64 bits per heavy atom. The minimum Gasteiger partial charge on any atom is -0.372 e. The molecule has 0 bridgehead atoms. The van der Waals surface area contributed by atoms with Crippen LogP contribution in [0, 0.1) is 5.92 Å². The Morgan fingerprint density at radius 1 is 1.21 bits per heavy atom. The lowest BCUT2D eigenvalue weighted by Crippen LogP contribution is -2.42. The van der Waals surface area contributed by atoms with Crippen LogP contribution in [0.25, 0.3) is 0 Å². The van der Waals surface area contributed by atoms with Gasteiger partial charge in [0, 0.05) is 5.92 Å². The Morgan fingerprint density at radius 2 is 1.93 bits per heavy atom. The summed E-state index contributed by atoms with van der Waals surface area (Å²) in [6, 6.07) is 0. The molecule has 0 spiro atoms. The summed E-state index contributed by atoms with van der Waals surface area (Å²) in [6.45, 7) is 9.03. The molecule has 0 N–H and O–H groups in total. The van der Waals surface area contributed by atoms with Gasteiger partial charge >= 0.3 is 0 Å². The second kappa shape index (κ2) is 3.37. The van der Waals surface area contributed by atoms with Crippen molar-refractivity contribution in [2.75, 3.05) is 0 Å². The van der Waals surface area contributed by atoms with Gasteiger partial charge in [0.15, 0.2) is 0 Å². The number of allylic oxidation sites excluding steroid dienone is 1. The summed E-state index contributed by atoms with van der Waals surface area (Å²) in [5.41, 5.74) is 3.33. The molecule has 0 radical (unpaired) electrons. The Bertz CT molecular complexity index is 262. The van der Waals surface area contributed by atoms with E-state index in [-0.39, 0.29) is 5.60 Å². The van der Waals surface area contributed by atoms with Crippen molar-refractivity contribution in [1.29, 1.82) is 0 Å². The highest BCUT2D eigenvalue weighted by Gasteiger charge is 2.38. The second-order valence-electron chi connectivity index (χ2n) is 5.56. The Labute approximate surface area is 87.5 Å². The standard InChI is InChI=1S/C13H22O/c1-9-5-6-12-11(10(9)2)7-8-13(3,4)14-12/h11-12H,5-8H2,1-4H3. The van der Waals surface area contributed by atoms with E-state index in [2.05, 4.69) is 27.7 Å². The molecule has 0 saturated carbocycles. The molecule has 2 aliphatic rings. The first-order valence-electron chi connectivity index (χ1n) is 5.84. The summed E-state index contributed by atoms with van der Waals surface area (Å²) in [7, 11) is 0. The highest BCUT2D eigenvalue weighted by atomic mass is 16.5.